The van der Waals surface area contributed by atoms with E-state index in [2.05, 4.69) is 19.9 Å². The maximum Gasteiger partial charge on any atom is 0.492 e. The second-order valence-electron chi connectivity index (χ2n) is 6.95. The van der Waals surface area contributed by atoms with Crippen molar-refractivity contribution in [2.24, 2.45) is 0 Å². The second kappa shape index (κ2) is 16.0. The highest BCUT2D eigenvalue weighted by molar-refractivity contribution is 6.59. The Morgan fingerprint density at radius 1 is 0.711 bits per heavy atom. The van der Waals surface area contributed by atoms with Gasteiger partial charge in [-0.2, -0.15) is 0 Å². The molecule has 0 fully saturated rings. The van der Waals surface area contributed by atoms with Gasteiger partial charge >= 0.3 is 7.12 Å². The van der Waals surface area contributed by atoms with E-state index in [1.807, 2.05) is 6.92 Å². The Kier molecular flexibility index (Phi) is 13.1. The van der Waals surface area contributed by atoms with Crippen LogP contribution in [0, 0.1) is 11.6 Å². The first-order valence-electron chi connectivity index (χ1n) is 11.0. The Labute approximate surface area is 233 Å². The maximum atomic E-state index is 13.1. The number of ether oxygens (including phenoxy) is 2. The number of halogens is 5. The largest absolute Gasteiger partial charge is 0.494 e. The topological polar surface area (TPSA) is 110 Å². The fraction of sp³-hybridized carbons (Fsp3) is 0.167. The Balaban J connectivity index is 0.000000214. The van der Waals surface area contributed by atoms with E-state index in [-0.39, 0.29) is 17.0 Å². The van der Waals surface area contributed by atoms with Crippen LogP contribution in [0.5, 0.6) is 11.5 Å². The van der Waals surface area contributed by atoms with Crippen LogP contribution in [-0.4, -0.2) is 50.3 Å². The maximum absolute atomic E-state index is 13.1. The average Bonchev–Trinajstić information content (AvgIpc) is 2.85. The highest BCUT2D eigenvalue weighted by atomic mass is 35.5. The van der Waals surface area contributed by atoms with Crippen LogP contribution < -0.4 is 14.9 Å². The van der Waals surface area contributed by atoms with Crippen molar-refractivity contribution in [3.05, 3.63) is 88.3 Å². The highest BCUT2D eigenvalue weighted by Gasteiger charge is 2.17. The van der Waals surface area contributed by atoms with Crippen LogP contribution in [0.25, 0.3) is 11.3 Å². The minimum atomic E-state index is -1.64. The summed E-state index contributed by atoms with van der Waals surface area (Å²) in [6.07, 6.45) is 2.67. The third-order valence-corrected chi connectivity index (χ3v) is 4.93. The fourth-order valence-corrected chi connectivity index (χ4v) is 3.27. The number of nitrogens with zero attached hydrogens (tertiary/aromatic N) is 4. The molecule has 0 aliphatic rings. The van der Waals surface area contributed by atoms with Crippen molar-refractivity contribution in [3.63, 3.8) is 0 Å². The zero-order valence-corrected chi connectivity index (χ0v) is 22.4. The van der Waals surface area contributed by atoms with E-state index in [1.54, 1.807) is 19.1 Å². The molecule has 4 rings (SSSR count). The molecule has 4 aromatic rings. The van der Waals surface area contributed by atoms with Crippen molar-refractivity contribution < 1.29 is 28.3 Å². The average molecular weight is 586 g/mol. The molecule has 2 aromatic heterocycles. The molecule has 0 spiro atoms. The molecule has 0 unspecified atom stereocenters. The summed E-state index contributed by atoms with van der Waals surface area (Å²) in [6, 6.07) is 10.9. The van der Waals surface area contributed by atoms with Gasteiger partial charge in [-0.3, -0.25) is 0 Å². The van der Waals surface area contributed by atoms with Crippen LogP contribution in [0.4, 0.5) is 8.78 Å². The lowest BCUT2D eigenvalue weighted by atomic mass is 9.79. The first kappa shape index (κ1) is 31.1. The first-order valence-corrected chi connectivity index (χ1v) is 12.1. The van der Waals surface area contributed by atoms with Gasteiger partial charge in [-0.15, -0.1) is 0 Å². The standard InChI is InChI=1S/C12H10ClFN2O.C8H10BFO3.C4H2Cl2N2/c1-2-17-11-5-8(14)3-4-9(11)10-6-12(13)16-7-15-10;1-2-13-8-5-6(10)3-4-7(8)9(11)12;5-3-1-4(6)8-2-7-3/h3-7H,2H2,1H3;3-5,11-12H,2H2,1H3;1-2H. The lowest BCUT2D eigenvalue weighted by Gasteiger charge is -2.09. The molecule has 2 aromatic carbocycles. The summed E-state index contributed by atoms with van der Waals surface area (Å²) < 4.78 is 36.2. The van der Waals surface area contributed by atoms with Crippen LogP contribution in [0.2, 0.25) is 15.5 Å². The van der Waals surface area contributed by atoms with Gasteiger partial charge < -0.3 is 19.5 Å². The molecule has 0 saturated carbocycles. The van der Waals surface area contributed by atoms with Crippen molar-refractivity contribution in [1.82, 2.24) is 19.9 Å². The van der Waals surface area contributed by atoms with Gasteiger partial charge in [-0.25, -0.2) is 28.7 Å². The van der Waals surface area contributed by atoms with Crippen LogP contribution in [0.3, 0.4) is 0 Å². The normalized spacial score (nSPS) is 9.92. The van der Waals surface area contributed by atoms with Gasteiger partial charge in [-0.1, -0.05) is 40.9 Å². The number of benzene rings is 2. The Bertz CT molecular complexity index is 1310. The van der Waals surface area contributed by atoms with Gasteiger partial charge in [0.25, 0.3) is 0 Å². The summed E-state index contributed by atoms with van der Waals surface area (Å²) in [7, 11) is -1.64. The lowest BCUT2D eigenvalue weighted by Crippen LogP contribution is -2.31. The van der Waals surface area contributed by atoms with Crippen LogP contribution in [0.1, 0.15) is 13.8 Å². The van der Waals surface area contributed by atoms with Crippen molar-refractivity contribution in [1.29, 1.82) is 0 Å². The Hall–Kier alpha value is -3.09. The Morgan fingerprint density at radius 2 is 1.21 bits per heavy atom. The monoisotopic (exact) mass is 584 g/mol. The van der Waals surface area contributed by atoms with Crippen molar-refractivity contribution in [2.75, 3.05) is 13.2 Å². The predicted molar refractivity (Wildman–Crippen MR) is 143 cm³/mol. The SMILES string of the molecule is CCOc1cc(F)ccc1-c1cc(Cl)ncn1.CCOc1cc(F)ccc1B(O)O.Clc1cc(Cl)ncn1. The molecule has 0 bridgehead atoms. The molecular weight excluding hydrogens is 563 g/mol. The van der Waals surface area contributed by atoms with Crippen molar-refractivity contribution in [2.45, 2.75) is 13.8 Å². The molecule has 0 radical (unpaired) electrons. The third kappa shape index (κ3) is 10.3. The number of hydrogen-bond acceptors (Lipinski definition) is 8. The molecule has 14 heteroatoms. The summed E-state index contributed by atoms with van der Waals surface area (Å²) in [5.41, 5.74) is 1.47. The smallest absolute Gasteiger partial charge is 0.492 e. The third-order valence-electron chi connectivity index (χ3n) is 4.31. The van der Waals surface area contributed by atoms with E-state index in [1.165, 1.54) is 36.9 Å². The molecule has 0 aliphatic heterocycles. The predicted octanol–water partition coefficient (Wildman–Crippen LogP) is 5.02. The van der Waals surface area contributed by atoms with Gasteiger partial charge in [0.1, 0.15) is 51.2 Å². The number of hydrogen-bond donors (Lipinski definition) is 2. The van der Waals surface area contributed by atoms with E-state index >= 15 is 0 Å². The Morgan fingerprint density at radius 3 is 1.71 bits per heavy atom. The van der Waals surface area contributed by atoms with E-state index in [4.69, 9.17) is 54.3 Å². The van der Waals surface area contributed by atoms with Gasteiger partial charge in [0.2, 0.25) is 0 Å². The molecule has 0 aliphatic carbocycles. The number of rotatable bonds is 6. The molecule has 8 nitrogen and oxygen atoms in total. The molecule has 0 atom stereocenters. The summed E-state index contributed by atoms with van der Waals surface area (Å²) >= 11 is 16.6. The lowest BCUT2D eigenvalue weighted by molar-refractivity contribution is 0.338. The summed E-state index contributed by atoms with van der Waals surface area (Å²) in [5, 5.41) is 18.8. The molecule has 0 amide bonds. The van der Waals surface area contributed by atoms with Gasteiger partial charge in [0.15, 0.2) is 0 Å². The van der Waals surface area contributed by atoms with E-state index < -0.39 is 12.9 Å². The fourth-order valence-electron chi connectivity index (χ4n) is 2.78. The van der Waals surface area contributed by atoms with E-state index in [9.17, 15) is 8.78 Å². The van der Waals surface area contributed by atoms with Gasteiger partial charge in [-0.05, 0) is 32.0 Å². The van der Waals surface area contributed by atoms with E-state index in [0.717, 1.165) is 12.1 Å². The highest BCUT2D eigenvalue weighted by Crippen LogP contribution is 2.30. The quantitative estimate of drug-likeness (QED) is 0.240. The van der Waals surface area contributed by atoms with Gasteiger partial charge in [0, 0.05) is 35.3 Å². The minimum Gasteiger partial charge on any atom is -0.494 e. The molecule has 38 heavy (non-hydrogen) atoms. The zero-order chi connectivity index (χ0) is 28.1. The molecule has 200 valence electrons. The number of aromatic nitrogens is 4. The first-order chi connectivity index (χ1) is 18.1. The van der Waals surface area contributed by atoms with Crippen LogP contribution in [0.15, 0.2) is 61.2 Å². The summed E-state index contributed by atoms with van der Waals surface area (Å²) in [4.78, 5) is 15.1. The second-order valence-corrected chi connectivity index (χ2v) is 8.11. The molecule has 2 N–H and O–H groups in total. The van der Waals surface area contributed by atoms with Crippen molar-refractivity contribution in [3.8, 4) is 22.8 Å². The van der Waals surface area contributed by atoms with Gasteiger partial charge in [0.05, 0.1) is 18.9 Å². The summed E-state index contributed by atoms with van der Waals surface area (Å²) in [6.45, 7) is 4.37. The molecule has 0 saturated heterocycles. The van der Waals surface area contributed by atoms with Crippen molar-refractivity contribution >= 4 is 47.4 Å². The van der Waals surface area contributed by atoms with E-state index in [0.29, 0.717) is 45.7 Å². The summed E-state index contributed by atoms with van der Waals surface area (Å²) in [5.74, 6) is -0.204. The molecule has 2 heterocycles. The van der Waals surface area contributed by atoms with Crippen LogP contribution in [-0.2, 0) is 0 Å². The van der Waals surface area contributed by atoms with Crippen LogP contribution >= 0.6 is 34.8 Å². The minimum absolute atomic E-state index is 0.164. The molecular formula is C24H22BCl3F2N4O4. The zero-order valence-electron chi connectivity index (χ0n) is 20.2.